The minimum atomic E-state index is -0.199. The fourth-order valence-corrected chi connectivity index (χ4v) is 2.81. The number of ether oxygens (including phenoxy) is 1. The SMILES string of the molecule is COc1ccc(Nc2nc(-c3ccc(F)c(C)c3)cs2)cc1. The van der Waals surface area contributed by atoms with E-state index in [0.717, 1.165) is 27.8 Å². The molecule has 1 aromatic heterocycles. The predicted molar refractivity (Wildman–Crippen MR) is 88.5 cm³/mol. The van der Waals surface area contributed by atoms with Crippen LogP contribution in [-0.4, -0.2) is 12.1 Å². The van der Waals surface area contributed by atoms with Crippen molar-refractivity contribution in [3.05, 3.63) is 59.2 Å². The summed E-state index contributed by atoms with van der Waals surface area (Å²) in [6.45, 7) is 1.75. The number of benzene rings is 2. The van der Waals surface area contributed by atoms with E-state index in [9.17, 15) is 4.39 Å². The number of aromatic nitrogens is 1. The molecule has 3 rings (SSSR count). The Labute approximate surface area is 132 Å². The molecule has 1 N–H and O–H groups in total. The first-order valence-electron chi connectivity index (χ1n) is 6.79. The fraction of sp³-hybridized carbons (Fsp3) is 0.118. The van der Waals surface area contributed by atoms with E-state index in [4.69, 9.17) is 4.74 Å². The number of hydrogen-bond donors (Lipinski definition) is 1. The minimum Gasteiger partial charge on any atom is -0.497 e. The van der Waals surface area contributed by atoms with Crippen molar-refractivity contribution in [1.82, 2.24) is 4.98 Å². The Morgan fingerprint density at radius 3 is 2.59 bits per heavy atom. The van der Waals surface area contributed by atoms with Crippen LogP contribution in [0.1, 0.15) is 5.56 Å². The van der Waals surface area contributed by atoms with Crippen molar-refractivity contribution < 1.29 is 9.13 Å². The Kier molecular flexibility index (Phi) is 4.06. The Balaban J connectivity index is 1.79. The Bertz CT molecular complexity index is 784. The number of anilines is 2. The molecule has 112 valence electrons. The number of rotatable bonds is 4. The van der Waals surface area contributed by atoms with E-state index >= 15 is 0 Å². The zero-order valence-corrected chi connectivity index (χ0v) is 13.1. The maximum atomic E-state index is 13.3. The van der Waals surface area contributed by atoms with E-state index in [2.05, 4.69) is 10.3 Å². The molecule has 0 saturated heterocycles. The van der Waals surface area contributed by atoms with Crippen molar-refractivity contribution in [2.45, 2.75) is 6.92 Å². The van der Waals surface area contributed by atoms with Gasteiger partial charge < -0.3 is 10.1 Å². The molecule has 3 nitrogen and oxygen atoms in total. The molecule has 2 aromatic carbocycles. The van der Waals surface area contributed by atoms with Crippen LogP contribution >= 0.6 is 11.3 Å². The van der Waals surface area contributed by atoms with Gasteiger partial charge in [-0.25, -0.2) is 9.37 Å². The van der Waals surface area contributed by atoms with Gasteiger partial charge in [-0.3, -0.25) is 0 Å². The normalized spacial score (nSPS) is 10.5. The molecule has 0 aliphatic carbocycles. The standard InChI is InChI=1S/C17H15FN2OS/c1-11-9-12(3-8-15(11)18)16-10-22-17(20-16)19-13-4-6-14(21-2)7-5-13/h3-10H,1-2H3,(H,19,20). The molecular weight excluding hydrogens is 299 g/mol. The van der Waals surface area contributed by atoms with Gasteiger partial charge in [0.2, 0.25) is 0 Å². The summed E-state index contributed by atoms with van der Waals surface area (Å²) in [5, 5.41) is 6.00. The average molecular weight is 314 g/mol. The highest BCUT2D eigenvalue weighted by molar-refractivity contribution is 7.14. The number of halogens is 1. The largest absolute Gasteiger partial charge is 0.497 e. The minimum absolute atomic E-state index is 0.199. The molecule has 0 amide bonds. The van der Waals surface area contributed by atoms with Gasteiger partial charge in [-0.1, -0.05) is 0 Å². The topological polar surface area (TPSA) is 34.1 Å². The van der Waals surface area contributed by atoms with Crippen LogP contribution in [0.25, 0.3) is 11.3 Å². The second-order valence-corrected chi connectivity index (χ2v) is 5.71. The van der Waals surface area contributed by atoms with Crippen molar-refractivity contribution >= 4 is 22.2 Å². The molecule has 0 saturated carbocycles. The zero-order chi connectivity index (χ0) is 15.5. The maximum absolute atomic E-state index is 13.3. The van der Waals surface area contributed by atoms with E-state index < -0.39 is 0 Å². The van der Waals surface area contributed by atoms with Crippen molar-refractivity contribution in [2.24, 2.45) is 0 Å². The lowest BCUT2D eigenvalue weighted by molar-refractivity contribution is 0.415. The van der Waals surface area contributed by atoms with Gasteiger partial charge in [0.25, 0.3) is 0 Å². The van der Waals surface area contributed by atoms with Gasteiger partial charge in [0.1, 0.15) is 11.6 Å². The number of nitrogens with one attached hydrogen (secondary N) is 1. The van der Waals surface area contributed by atoms with Crippen molar-refractivity contribution in [1.29, 1.82) is 0 Å². The quantitative estimate of drug-likeness (QED) is 0.735. The lowest BCUT2D eigenvalue weighted by Crippen LogP contribution is -1.90. The van der Waals surface area contributed by atoms with E-state index in [1.807, 2.05) is 35.7 Å². The molecule has 0 aliphatic rings. The van der Waals surface area contributed by atoms with Crippen LogP contribution in [-0.2, 0) is 0 Å². The molecule has 0 radical (unpaired) electrons. The lowest BCUT2D eigenvalue weighted by Gasteiger charge is -2.04. The zero-order valence-electron chi connectivity index (χ0n) is 12.3. The van der Waals surface area contributed by atoms with E-state index in [1.54, 1.807) is 20.1 Å². The van der Waals surface area contributed by atoms with E-state index in [-0.39, 0.29) is 5.82 Å². The van der Waals surface area contributed by atoms with Crippen molar-refractivity contribution in [3.63, 3.8) is 0 Å². The summed E-state index contributed by atoms with van der Waals surface area (Å²) in [5.74, 6) is 0.614. The van der Waals surface area contributed by atoms with Gasteiger partial charge in [-0.05, 0) is 55.0 Å². The first kappa shape index (κ1) is 14.5. The number of nitrogens with zero attached hydrogens (tertiary/aromatic N) is 1. The third kappa shape index (κ3) is 3.09. The molecular formula is C17H15FN2OS. The first-order valence-corrected chi connectivity index (χ1v) is 7.67. The highest BCUT2D eigenvalue weighted by atomic mass is 32.1. The Morgan fingerprint density at radius 1 is 1.14 bits per heavy atom. The average Bonchev–Trinajstić information content (AvgIpc) is 2.99. The molecule has 22 heavy (non-hydrogen) atoms. The van der Waals surface area contributed by atoms with Crippen LogP contribution < -0.4 is 10.1 Å². The van der Waals surface area contributed by atoms with Crippen LogP contribution in [0.15, 0.2) is 47.8 Å². The van der Waals surface area contributed by atoms with Gasteiger partial charge in [0.15, 0.2) is 5.13 Å². The summed E-state index contributed by atoms with van der Waals surface area (Å²) in [5.41, 5.74) is 3.31. The van der Waals surface area contributed by atoms with Crippen molar-refractivity contribution in [3.8, 4) is 17.0 Å². The third-order valence-corrected chi connectivity index (χ3v) is 4.06. The summed E-state index contributed by atoms with van der Waals surface area (Å²) in [6.07, 6.45) is 0. The summed E-state index contributed by atoms with van der Waals surface area (Å²) >= 11 is 1.51. The predicted octanol–water partition coefficient (Wildman–Crippen LogP) is 5.01. The second kappa shape index (κ2) is 6.15. The molecule has 3 aromatic rings. The van der Waals surface area contributed by atoms with Crippen LogP contribution in [0.2, 0.25) is 0 Å². The highest BCUT2D eigenvalue weighted by Crippen LogP contribution is 2.28. The van der Waals surface area contributed by atoms with E-state index in [0.29, 0.717) is 5.56 Å². The molecule has 0 atom stereocenters. The van der Waals surface area contributed by atoms with Crippen LogP contribution in [0.4, 0.5) is 15.2 Å². The maximum Gasteiger partial charge on any atom is 0.187 e. The number of aryl methyl sites for hydroxylation is 1. The summed E-state index contributed by atoms with van der Waals surface area (Å²) in [4.78, 5) is 4.54. The Morgan fingerprint density at radius 2 is 1.91 bits per heavy atom. The van der Waals surface area contributed by atoms with E-state index in [1.165, 1.54) is 17.4 Å². The first-order chi connectivity index (χ1) is 10.7. The van der Waals surface area contributed by atoms with Crippen LogP contribution in [0, 0.1) is 12.7 Å². The summed E-state index contributed by atoms with van der Waals surface area (Å²) in [6, 6.07) is 12.7. The molecule has 0 bridgehead atoms. The molecule has 0 unspecified atom stereocenters. The smallest absolute Gasteiger partial charge is 0.187 e. The molecule has 0 fully saturated rings. The highest BCUT2D eigenvalue weighted by Gasteiger charge is 2.07. The molecule has 5 heteroatoms. The monoisotopic (exact) mass is 314 g/mol. The Hall–Kier alpha value is -2.40. The van der Waals surface area contributed by atoms with Gasteiger partial charge in [-0.2, -0.15) is 0 Å². The van der Waals surface area contributed by atoms with Gasteiger partial charge in [0.05, 0.1) is 12.8 Å². The molecule has 1 heterocycles. The summed E-state index contributed by atoms with van der Waals surface area (Å²) in [7, 11) is 1.64. The number of hydrogen-bond acceptors (Lipinski definition) is 4. The lowest BCUT2D eigenvalue weighted by atomic mass is 10.1. The molecule has 0 aliphatic heterocycles. The molecule has 0 spiro atoms. The summed E-state index contributed by atoms with van der Waals surface area (Å²) < 4.78 is 18.5. The number of thiazole rings is 1. The van der Waals surface area contributed by atoms with Gasteiger partial charge in [-0.15, -0.1) is 11.3 Å². The third-order valence-electron chi connectivity index (χ3n) is 3.30. The van der Waals surface area contributed by atoms with Crippen LogP contribution in [0.5, 0.6) is 5.75 Å². The number of methoxy groups -OCH3 is 1. The van der Waals surface area contributed by atoms with Crippen molar-refractivity contribution in [2.75, 3.05) is 12.4 Å². The van der Waals surface area contributed by atoms with Gasteiger partial charge >= 0.3 is 0 Å². The second-order valence-electron chi connectivity index (χ2n) is 4.86. The van der Waals surface area contributed by atoms with Gasteiger partial charge in [0, 0.05) is 16.6 Å². The van der Waals surface area contributed by atoms with Crippen LogP contribution in [0.3, 0.4) is 0 Å². The fourth-order valence-electron chi connectivity index (χ4n) is 2.07.